The maximum atomic E-state index is 12.8. The second kappa shape index (κ2) is 7.52. The Labute approximate surface area is 144 Å². The lowest BCUT2D eigenvalue weighted by Gasteiger charge is -2.33. The van der Waals surface area contributed by atoms with Gasteiger partial charge >= 0.3 is 0 Å². The molecule has 3 rings (SSSR count). The summed E-state index contributed by atoms with van der Waals surface area (Å²) in [7, 11) is 0. The molecule has 3 nitrogen and oxygen atoms in total. The largest absolute Gasteiger partial charge is 0.373 e. The van der Waals surface area contributed by atoms with Crippen molar-refractivity contribution in [1.82, 2.24) is 4.90 Å². The van der Waals surface area contributed by atoms with Crippen molar-refractivity contribution < 1.29 is 4.79 Å². The fraction of sp³-hybridized carbons (Fsp3) is 0.381. The van der Waals surface area contributed by atoms with E-state index < -0.39 is 0 Å². The van der Waals surface area contributed by atoms with Crippen molar-refractivity contribution in [2.24, 2.45) is 5.92 Å². The molecule has 2 atom stereocenters. The van der Waals surface area contributed by atoms with Gasteiger partial charge in [0.15, 0.2) is 0 Å². The molecule has 1 amide bonds. The first-order valence-electron chi connectivity index (χ1n) is 8.85. The third-order valence-electron chi connectivity index (χ3n) is 4.72. The standard InChI is InChI=1S/C21H26N2O/c1-16-9-8-14-23(15-16)21(24)17(2)22-20-13-7-6-12-19(20)18-10-4-3-5-11-18/h3-7,10-13,16-17,22H,8-9,14-15H2,1-2H3/t16-,17+/m0/s1. The van der Waals surface area contributed by atoms with Crippen LogP contribution < -0.4 is 5.32 Å². The summed E-state index contributed by atoms with van der Waals surface area (Å²) in [6.45, 7) is 5.95. The van der Waals surface area contributed by atoms with Gasteiger partial charge in [0.05, 0.1) is 0 Å². The summed E-state index contributed by atoms with van der Waals surface area (Å²) >= 11 is 0. The van der Waals surface area contributed by atoms with Gasteiger partial charge in [-0.3, -0.25) is 4.79 Å². The molecule has 24 heavy (non-hydrogen) atoms. The van der Waals surface area contributed by atoms with Gasteiger partial charge in [0.25, 0.3) is 0 Å². The number of likely N-dealkylation sites (tertiary alicyclic amines) is 1. The number of nitrogens with zero attached hydrogens (tertiary/aromatic N) is 1. The smallest absolute Gasteiger partial charge is 0.244 e. The van der Waals surface area contributed by atoms with E-state index in [1.54, 1.807) is 0 Å². The van der Waals surface area contributed by atoms with Crippen LogP contribution in [0.3, 0.4) is 0 Å². The van der Waals surface area contributed by atoms with Crippen molar-refractivity contribution in [3.8, 4) is 11.1 Å². The van der Waals surface area contributed by atoms with Gasteiger partial charge in [0, 0.05) is 24.3 Å². The number of amides is 1. The summed E-state index contributed by atoms with van der Waals surface area (Å²) in [4.78, 5) is 14.8. The summed E-state index contributed by atoms with van der Waals surface area (Å²) in [5, 5.41) is 3.43. The summed E-state index contributed by atoms with van der Waals surface area (Å²) in [5.41, 5.74) is 3.30. The maximum Gasteiger partial charge on any atom is 0.244 e. The van der Waals surface area contributed by atoms with Crippen LogP contribution in [0.1, 0.15) is 26.7 Å². The molecular formula is C21H26N2O. The Morgan fingerprint density at radius 2 is 1.83 bits per heavy atom. The van der Waals surface area contributed by atoms with Gasteiger partial charge in [-0.15, -0.1) is 0 Å². The topological polar surface area (TPSA) is 32.3 Å². The van der Waals surface area contributed by atoms with Crippen LogP contribution in [0.4, 0.5) is 5.69 Å². The zero-order valence-corrected chi connectivity index (χ0v) is 14.5. The van der Waals surface area contributed by atoms with E-state index in [0.717, 1.165) is 36.3 Å². The third-order valence-corrected chi connectivity index (χ3v) is 4.72. The van der Waals surface area contributed by atoms with Gasteiger partial charge in [0.2, 0.25) is 5.91 Å². The average Bonchev–Trinajstić information content (AvgIpc) is 2.62. The van der Waals surface area contributed by atoms with Crippen molar-refractivity contribution in [3.63, 3.8) is 0 Å². The monoisotopic (exact) mass is 322 g/mol. The minimum atomic E-state index is -0.222. The molecule has 1 aliphatic rings. The van der Waals surface area contributed by atoms with Gasteiger partial charge in [-0.2, -0.15) is 0 Å². The SMILES string of the molecule is C[C@H]1CCCN(C(=O)[C@@H](C)Nc2ccccc2-c2ccccc2)C1. The summed E-state index contributed by atoms with van der Waals surface area (Å²) < 4.78 is 0. The van der Waals surface area contributed by atoms with E-state index in [0.29, 0.717) is 5.92 Å². The number of carbonyl (C=O) groups is 1. The lowest BCUT2D eigenvalue weighted by Crippen LogP contribution is -2.45. The zero-order chi connectivity index (χ0) is 16.9. The minimum absolute atomic E-state index is 0.199. The number of hydrogen-bond donors (Lipinski definition) is 1. The molecule has 3 heteroatoms. The predicted octanol–water partition coefficient (Wildman–Crippen LogP) is 4.41. The fourth-order valence-electron chi connectivity index (χ4n) is 3.44. The van der Waals surface area contributed by atoms with Crippen molar-refractivity contribution in [1.29, 1.82) is 0 Å². The van der Waals surface area contributed by atoms with Gasteiger partial charge in [-0.25, -0.2) is 0 Å². The molecule has 0 radical (unpaired) electrons. The molecular weight excluding hydrogens is 296 g/mol. The molecule has 0 spiro atoms. The maximum absolute atomic E-state index is 12.8. The third kappa shape index (κ3) is 3.78. The first kappa shape index (κ1) is 16.6. The van der Waals surface area contributed by atoms with E-state index in [9.17, 15) is 4.79 Å². The van der Waals surface area contributed by atoms with E-state index in [4.69, 9.17) is 0 Å². The van der Waals surface area contributed by atoms with Crippen LogP contribution in [0.2, 0.25) is 0 Å². The number of anilines is 1. The first-order valence-corrected chi connectivity index (χ1v) is 8.85. The van der Waals surface area contributed by atoms with E-state index in [1.807, 2.05) is 48.2 Å². The van der Waals surface area contributed by atoms with E-state index in [1.165, 1.54) is 6.42 Å². The van der Waals surface area contributed by atoms with Crippen LogP contribution in [0, 0.1) is 5.92 Å². The minimum Gasteiger partial charge on any atom is -0.373 e. The molecule has 1 heterocycles. The Hall–Kier alpha value is -2.29. The Morgan fingerprint density at radius 1 is 1.12 bits per heavy atom. The van der Waals surface area contributed by atoms with Gasteiger partial charge in [-0.05, 0) is 37.3 Å². The lowest BCUT2D eigenvalue weighted by molar-refractivity contribution is -0.133. The number of nitrogens with one attached hydrogen (secondary N) is 1. The van der Waals surface area contributed by atoms with E-state index >= 15 is 0 Å². The molecule has 0 saturated carbocycles. The number of piperidine rings is 1. The van der Waals surface area contributed by atoms with Crippen molar-refractivity contribution in [2.45, 2.75) is 32.7 Å². The Balaban J connectivity index is 1.75. The molecule has 1 N–H and O–H groups in total. The normalized spacial score (nSPS) is 18.9. The molecule has 0 aromatic heterocycles. The van der Waals surface area contributed by atoms with E-state index in [2.05, 4.69) is 30.4 Å². The summed E-state index contributed by atoms with van der Waals surface area (Å²) in [6.07, 6.45) is 2.34. The molecule has 1 saturated heterocycles. The van der Waals surface area contributed by atoms with Crippen LogP contribution in [0.5, 0.6) is 0 Å². The Morgan fingerprint density at radius 3 is 2.58 bits per heavy atom. The van der Waals surface area contributed by atoms with Gasteiger partial charge < -0.3 is 10.2 Å². The number of para-hydroxylation sites is 1. The van der Waals surface area contributed by atoms with Crippen LogP contribution in [0.15, 0.2) is 54.6 Å². The number of carbonyl (C=O) groups excluding carboxylic acids is 1. The highest BCUT2D eigenvalue weighted by Crippen LogP contribution is 2.28. The molecule has 1 aliphatic heterocycles. The Bertz CT molecular complexity index is 683. The quantitative estimate of drug-likeness (QED) is 0.904. The van der Waals surface area contributed by atoms with Crippen molar-refractivity contribution in [3.05, 3.63) is 54.6 Å². The highest BCUT2D eigenvalue weighted by molar-refractivity contribution is 5.87. The zero-order valence-electron chi connectivity index (χ0n) is 14.5. The highest BCUT2D eigenvalue weighted by atomic mass is 16.2. The van der Waals surface area contributed by atoms with Crippen molar-refractivity contribution >= 4 is 11.6 Å². The number of hydrogen-bond acceptors (Lipinski definition) is 2. The lowest BCUT2D eigenvalue weighted by atomic mass is 9.99. The van der Waals surface area contributed by atoms with Crippen LogP contribution >= 0.6 is 0 Å². The first-order chi connectivity index (χ1) is 11.6. The van der Waals surface area contributed by atoms with Gasteiger partial charge in [-0.1, -0.05) is 55.5 Å². The molecule has 1 fully saturated rings. The molecule has 0 bridgehead atoms. The second-order valence-corrected chi connectivity index (χ2v) is 6.81. The van der Waals surface area contributed by atoms with Crippen LogP contribution in [-0.2, 0) is 4.79 Å². The summed E-state index contributed by atoms with van der Waals surface area (Å²) in [6, 6.07) is 18.2. The fourth-order valence-corrected chi connectivity index (χ4v) is 3.44. The van der Waals surface area contributed by atoms with Crippen LogP contribution in [0.25, 0.3) is 11.1 Å². The summed E-state index contributed by atoms with van der Waals surface area (Å²) in [5.74, 6) is 0.802. The molecule has 126 valence electrons. The highest BCUT2D eigenvalue weighted by Gasteiger charge is 2.25. The second-order valence-electron chi connectivity index (χ2n) is 6.81. The predicted molar refractivity (Wildman–Crippen MR) is 99.9 cm³/mol. The molecule has 2 aromatic rings. The van der Waals surface area contributed by atoms with E-state index in [-0.39, 0.29) is 11.9 Å². The number of rotatable bonds is 4. The van der Waals surface area contributed by atoms with Crippen LogP contribution in [-0.4, -0.2) is 29.9 Å². The number of benzene rings is 2. The Kier molecular flexibility index (Phi) is 5.19. The van der Waals surface area contributed by atoms with Gasteiger partial charge in [0.1, 0.15) is 6.04 Å². The molecule has 0 unspecified atom stereocenters. The molecule has 0 aliphatic carbocycles. The molecule has 2 aromatic carbocycles. The van der Waals surface area contributed by atoms with Crippen molar-refractivity contribution in [2.75, 3.05) is 18.4 Å². The average molecular weight is 322 g/mol.